The fraction of sp³-hybridized carbons (Fsp3) is 0.400. The molecule has 4 heteroatoms. The van der Waals surface area contributed by atoms with Crippen molar-refractivity contribution in [2.24, 2.45) is 5.73 Å². The fourth-order valence-electron chi connectivity index (χ4n) is 2.68. The molecular formula is C15H20N2O2. The molecule has 0 atom stereocenters. The van der Waals surface area contributed by atoms with Gasteiger partial charge in [-0.1, -0.05) is 18.7 Å². The number of rotatable bonds is 4. The van der Waals surface area contributed by atoms with Crippen LogP contribution in [0, 0.1) is 0 Å². The summed E-state index contributed by atoms with van der Waals surface area (Å²) >= 11 is 0. The van der Waals surface area contributed by atoms with E-state index in [0.717, 1.165) is 37.8 Å². The molecule has 2 rings (SSSR count). The average molecular weight is 260 g/mol. The van der Waals surface area contributed by atoms with Crippen LogP contribution in [0.3, 0.4) is 0 Å². The van der Waals surface area contributed by atoms with Crippen molar-refractivity contribution < 1.29 is 9.90 Å². The van der Waals surface area contributed by atoms with Gasteiger partial charge in [-0.05, 0) is 43.5 Å². The van der Waals surface area contributed by atoms with E-state index in [4.69, 9.17) is 5.73 Å². The minimum absolute atomic E-state index is 0.254. The molecule has 0 radical (unpaired) electrons. The Hall–Kier alpha value is -1.81. The summed E-state index contributed by atoms with van der Waals surface area (Å²) in [6.45, 7) is 5.95. The zero-order chi connectivity index (χ0) is 13.8. The van der Waals surface area contributed by atoms with Crippen molar-refractivity contribution in [3.63, 3.8) is 0 Å². The number of piperidine rings is 1. The van der Waals surface area contributed by atoms with Gasteiger partial charge in [0.15, 0.2) is 0 Å². The Morgan fingerprint density at radius 1 is 1.47 bits per heavy atom. The normalized spacial score (nSPS) is 17.3. The van der Waals surface area contributed by atoms with Gasteiger partial charge in [0.2, 0.25) is 0 Å². The Labute approximate surface area is 113 Å². The highest BCUT2D eigenvalue weighted by Crippen LogP contribution is 2.36. The summed E-state index contributed by atoms with van der Waals surface area (Å²) in [7, 11) is 0. The van der Waals surface area contributed by atoms with Gasteiger partial charge in [-0.15, -0.1) is 0 Å². The number of benzene rings is 1. The molecule has 0 aliphatic carbocycles. The van der Waals surface area contributed by atoms with Crippen LogP contribution in [0.4, 0.5) is 0 Å². The number of nitrogens with two attached hydrogens (primary N) is 1. The van der Waals surface area contributed by atoms with E-state index in [2.05, 4.69) is 11.5 Å². The standard InChI is InChI=1S/C15H20N2O2/c1-11(16)13-3-2-4-14(15(13)19)12-5-7-17(8-6-12)9-10-18/h2-4,10,12,19H,1,5-9,16H2. The second-order valence-corrected chi connectivity index (χ2v) is 5.01. The van der Waals surface area contributed by atoms with E-state index in [0.29, 0.717) is 23.7 Å². The van der Waals surface area contributed by atoms with Gasteiger partial charge in [0.05, 0.1) is 6.54 Å². The van der Waals surface area contributed by atoms with Gasteiger partial charge in [0.25, 0.3) is 0 Å². The molecule has 19 heavy (non-hydrogen) atoms. The fourth-order valence-corrected chi connectivity index (χ4v) is 2.68. The van der Waals surface area contributed by atoms with Crippen LogP contribution in [0.25, 0.3) is 5.70 Å². The lowest BCUT2D eigenvalue weighted by atomic mass is 9.87. The van der Waals surface area contributed by atoms with Crippen molar-refractivity contribution in [3.05, 3.63) is 35.9 Å². The Morgan fingerprint density at radius 2 is 2.16 bits per heavy atom. The topological polar surface area (TPSA) is 66.6 Å². The van der Waals surface area contributed by atoms with Gasteiger partial charge in [0, 0.05) is 11.3 Å². The number of likely N-dealkylation sites (tertiary alicyclic amines) is 1. The number of hydrogen-bond acceptors (Lipinski definition) is 4. The van der Waals surface area contributed by atoms with E-state index in [-0.39, 0.29) is 5.75 Å². The smallest absolute Gasteiger partial charge is 0.133 e. The third-order valence-electron chi connectivity index (χ3n) is 3.77. The third kappa shape index (κ3) is 2.96. The number of phenols is 1. The second-order valence-electron chi connectivity index (χ2n) is 5.01. The molecular weight excluding hydrogens is 240 g/mol. The average Bonchev–Trinajstić information content (AvgIpc) is 2.40. The molecule has 0 unspecified atom stereocenters. The number of carbonyl (C=O) groups excluding carboxylic acids is 1. The van der Waals surface area contributed by atoms with Gasteiger partial charge in [0.1, 0.15) is 12.0 Å². The summed E-state index contributed by atoms with van der Waals surface area (Å²) in [6, 6.07) is 5.63. The lowest BCUT2D eigenvalue weighted by molar-refractivity contribution is -0.109. The monoisotopic (exact) mass is 260 g/mol. The molecule has 1 fully saturated rings. The van der Waals surface area contributed by atoms with Crippen molar-refractivity contribution in [2.75, 3.05) is 19.6 Å². The Morgan fingerprint density at radius 3 is 2.74 bits per heavy atom. The Kier molecular flexibility index (Phi) is 4.22. The number of phenolic OH excluding ortho intramolecular Hbond substituents is 1. The summed E-state index contributed by atoms with van der Waals surface area (Å²) < 4.78 is 0. The van der Waals surface area contributed by atoms with E-state index in [1.165, 1.54) is 0 Å². The number of hydrogen-bond donors (Lipinski definition) is 2. The van der Waals surface area contributed by atoms with Gasteiger partial charge in [-0.25, -0.2) is 0 Å². The lowest BCUT2D eigenvalue weighted by Gasteiger charge is -2.31. The third-order valence-corrected chi connectivity index (χ3v) is 3.77. The van der Waals surface area contributed by atoms with Crippen LogP contribution in [0.15, 0.2) is 24.8 Å². The molecule has 1 aliphatic rings. The van der Waals surface area contributed by atoms with Crippen LogP contribution in [0.5, 0.6) is 5.75 Å². The highest BCUT2D eigenvalue weighted by atomic mass is 16.3. The van der Waals surface area contributed by atoms with Crippen LogP contribution >= 0.6 is 0 Å². The molecule has 1 aromatic carbocycles. The summed E-state index contributed by atoms with van der Waals surface area (Å²) in [5, 5.41) is 10.3. The molecule has 1 heterocycles. The van der Waals surface area contributed by atoms with Crippen molar-refractivity contribution in [1.82, 2.24) is 4.90 Å². The number of nitrogens with zero attached hydrogens (tertiary/aromatic N) is 1. The van der Waals surface area contributed by atoms with Gasteiger partial charge >= 0.3 is 0 Å². The predicted octanol–water partition coefficient (Wildman–Crippen LogP) is 1.70. The molecule has 102 valence electrons. The maximum absolute atomic E-state index is 10.5. The van der Waals surface area contributed by atoms with Crippen LogP contribution in [-0.2, 0) is 4.79 Å². The Bertz CT molecular complexity index is 477. The highest BCUT2D eigenvalue weighted by Gasteiger charge is 2.23. The SMILES string of the molecule is C=C(N)c1cccc(C2CCN(CC=O)CC2)c1O. The van der Waals surface area contributed by atoms with E-state index < -0.39 is 0 Å². The minimum atomic E-state index is 0.254. The molecule has 3 N–H and O–H groups in total. The molecule has 0 amide bonds. The van der Waals surface area contributed by atoms with Crippen molar-refractivity contribution in [3.8, 4) is 5.75 Å². The molecule has 1 aliphatic heterocycles. The maximum Gasteiger partial charge on any atom is 0.133 e. The van der Waals surface area contributed by atoms with Crippen molar-refractivity contribution in [1.29, 1.82) is 0 Å². The van der Waals surface area contributed by atoms with Gasteiger partial charge < -0.3 is 15.6 Å². The number of aromatic hydroxyl groups is 1. The van der Waals surface area contributed by atoms with Crippen LogP contribution < -0.4 is 5.73 Å². The van der Waals surface area contributed by atoms with Crippen LogP contribution in [0.2, 0.25) is 0 Å². The first-order valence-electron chi connectivity index (χ1n) is 6.56. The van der Waals surface area contributed by atoms with Crippen LogP contribution in [0.1, 0.15) is 29.9 Å². The molecule has 0 spiro atoms. The largest absolute Gasteiger partial charge is 0.507 e. The molecule has 0 bridgehead atoms. The van der Waals surface area contributed by atoms with E-state index in [1.807, 2.05) is 12.1 Å². The highest BCUT2D eigenvalue weighted by molar-refractivity contribution is 5.67. The van der Waals surface area contributed by atoms with Gasteiger partial charge in [-0.2, -0.15) is 0 Å². The predicted molar refractivity (Wildman–Crippen MR) is 75.8 cm³/mol. The van der Waals surface area contributed by atoms with Crippen LogP contribution in [-0.4, -0.2) is 35.9 Å². The quantitative estimate of drug-likeness (QED) is 0.809. The first kappa shape index (κ1) is 13.6. The van der Waals surface area contributed by atoms with E-state index >= 15 is 0 Å². The second kappa shape index (κ2) is 5.89. The molecule has 1 saturated heterocycles. The number of para-hydroxylation sites is 1. The summed E-state index contributed by atoms with van der Waals surface area (Å²) in [5.41, 5.74) is 7.62. The number of aldehydes is 1. The van der Waals surface area contributed by atoms with Crippen molar-refractivity contribution in [2.45, 2.75) is 18.8 Å². The molecule has 4 nitrogen and oxygen atoms in total. The Balaban J connectivity index is 2.13. The first-order chi connectivity index (χ1) is 9.13. The first-order valence-corrected chi connectivity index (χ1v) is 6.56. The molecule has 0 saturated carbocycles. The summed E-state index contributed by atoms with van der Waals surface area (Å²) in [6.07, 6.45) is 2.83. The molecule has 1 aromatic rings. The molecule has 0 aromatic heterocycles. The summed E-state index contributed by atoms with van der Waals surface area (Å²) in [5.74, 6) is 0.575. The van der Waals surface area contributed by atoms with Gasteiger partial charge in [-0.3, -0.25) is 4.90 Å². The minimum Gasteiger partial charge on any atom is -0.507 e. The zero-order valence-corrected chi connectivity index (χ0v) is 11.0. The van der Waals surface area contributed by atoms with E-state index in [9.17, 15) is 9.90 Å². The number of carbonyl (C=O) groups is 1. The summed E-state index contributed by atoms with van der Waals surface area (Å²) in [4.78, 5) is 12.6. The maximum atomic E-state index is 10.5. The van der Waals surface area contributed by atoms with Crippen molar-refractivity contribution >= 4 is 12.0 Å². The van der Waals surface area contributed by atoms with E-state index in [1.54, 1.807) is 6.07 Å². The zero-order valence-electron chi connectivity index (χ0n) is 11.0. The lowest BCUT2D eigenvalue weighted by Crippen LogP contribution is -2.34.